The summed E-state index contributed by atoms with van der Waals surface area (Å²) in [7, 11) is 1.95. The third kappa shape index (κ3) is 5.08. The van der Waals surface area contributed by atoms with E-state index < -0.39 is 0 Å². The molecule has 180 valence electrons. The number of anilines is 3. The molecule has 3 aromatic carbocycles. The number of benzene rings is 3. The molecule has 0 spiro atoms. The maximum absolute atomic E-state index is 4.48. The van der Waals surface area contributed by atoms with E-state index in [1.807, 2.05) is 84.4 Å². The summed E-state index contributed by atoms with van der Waals surface area (Å²) in [6.45, 7) is 6.21. The first kappa shape index (κ1) is 25.3. The van der Waals surface area contributed by atoms with Crippen molar-refractivity contribution in [1.82, 2.24) is 19.5 Å². The average Bonchev–Trinajstić information content (AvgIpc) is 3.51. The summed E-state index contributed by atoms with van der Waals surface area (Å²) in [5, 5.41) is 0. The number of aromatic nitrogens is 4. The minimum absolute atomic E-state index is 0. The van der Waals surface area contributed by atoms with E-state index in [4.69, 9.17) is 0 Å². The van der Waals surface area contributed by atoms with Crippen LogP contribution in [-0.2, 0) is 20.1 Å². The smallest absolute Gasteiger partial charge is 0.487 e. The van der Waals surface area contributed by atoms with Crippen LogP contribution in [0.3, 0.4) is 0 Å². The van der Waals surface area contributed by atoms with E-state index in [0.29, 0.717) is 0 Å². The standard InChI is InChI=1S/C17H15N2.C12H10N4.Ir/c1-13-7-6-8-14(2)16(13)19-12-11-18-17(19)15-9-4-3-5-10-15;1-15-9-16(10-5-3-2-4-6-10)12-11(15)13-7-8-14-12;/h3-9,11-12H,1-2H3;2-5,7-9H,1H3;/q-1;-2;+3. The van der Waals surface area contributed by atoms with Gasteiger partial charge in [-0.1, -0.05) is 18.2 Å². The summed E-state index contributed by atoms with van der Waals surface area (Å²) >= 11 is 0. The topological polar surface area (TPSA) is 50.1 Å². The van der Waals surface area contributed by atoms with Crippen LogP contribution in [0.1, 0.15) is 11.1 Å². The van der Waals surface area contributed by atoms with Gasteiger partial charge in [0.1, 0.15) is 11.6 Å². The predicted molar refractivity (Wildman–Crippen MR) is 139 cm³/mol. The van der Waals surface area contributed by atoms with Gasteiger partial charge in [-0.3, -0.25) is 4.98 Å². The van der Waals surface area contributed by atoms with Gasteiger partial charge in [-0.15, -0.1) is 48.3 Å². The van der Waals surface area contributed by atoms with E-state index in [0.717, 1.165) is 28.7 Å². The van der Waals surface area contributed by atoms with Crippen molar-refractivity contribution in [2.75, 3.05) is 16.8 Å². The van der Waals surface area contributed by atoms with Crippen LogP contribution < -0.4 is 9.80 Å². The van der Waals surface area contributed by atoms with E-state index in [-0.39, 0.29) is 20.1 Å². The van der Waals surface area contributed by atoms with Crippen LogP contribution in [0.5, 0.6) is 0 Å². The van der Waals surface area contributed by atoms with Crippen molar-refractivity contribution in [2.45, 2.75) is 13.8 Å². The quantitative estimate of drug-likeness (QED) is 0.227. The van der Waals surface area contributed by atoms with Gasteiger partial charge in [0.15, 0.2) is 0 Å². The molecule has 0 fully saturated rings. The fourth-order valence-corrected chi connectivity index (χ4v) is 4.14. The monoisotopic (exact) mass is 650 g/mol. The summed E-state index contributed by atoms with van der Waals surface area (Å²) in [6, 6.07) is 28.5. The minimum Gasteiger partial charge on any atom is -0.487 e. The molecule has 0 saturated heterocycles. The van der Waals surface area contributed by atoms with Crippen LogP contribution in [0.2, 0.25) is 0 Å². The summed E-state index contributed by atoms with van der Waals surface area (Å²) in [5.74, 6) is 2.63. The molecule has 6 nitrogen and oxygen atoms in total. The van der Waals surface area contributed by atoms with Gasteiger partial charge >= 0.3 is 20.1 Å². The first-order valence-corrected chi connectivity index (χ1v) is 11.4. The van der Waals surface area contributed by atoms with Crippen LogP contribution in [0.4, 0.5) is 17.3 Å². The number of fused-ring (bicyclic) bond motifs is 1. The van der Waals surface area contributed by atoms with E-state index in [2.05, 4.69) is 63.7 Å². The molecule has 1 aliphatic heterocycles. The Hall–Kier alpha value is -3.80. The second kappa shape index (κ2) is 11.3. The SMILES string of the molecule is CN1[CH-]N(c2[c-]cccc2)c2nccnc21.Cc1cccc(C)c1-n1ccnc1-c1[c-]cccc1.[Ir+3]. The molecule has 3 heterocycles. The molecule has 0 saturated carbocycles. The molecule has 1 aliphatic rings. The van der Waals surface area contributed by atoms with Gasteiger partial charge in [-0.2, -0.15) is 30.3 Å². The number of para-hydroxylation sites is 2. The molecule has 0 amide bonds. The molecule has 0 atom stereocenters. The Labute approximate surface area is 225 Å². The van der Waals surface area contributed by atoms with Crippen LogP contribution in [0.15, 0.2) is 91.5 Å². The van der Waals surface area contributed by atoms with Crippen molar-refractivity contribution in [3.63, 3.8) is 0 Å². The van der Waals surface area contributed by atoms with Crippen LogP contribution in [-0.4, -0.2) is 26.6 Å². The van der Waals surface area contributed by atoms with Gasteiger partial charge in [0.25, 0.3) is 0 Å². The maximum Gasteiger partial charge on any atom is 3.00 e. The van der Waals surface area contributed by atoms with Crippen LogP contribution in [0.25, 0.3) is 17.1 Å². The number of hydrogen-bond acceptors (Lipinski definition) is 5. The molecule has 2 aromatic heterocycles. The number of aryl methyl sites for hydroxylation is 2. The van der Waals surface area contributed by atoms with E-state index in [1.165, 1.54) is 16.8 Å². The molecule has 0 unspecified atom stereocenters. The molecule has 0 N–H and O–H groups in total. The first-order chi connectivity index (χ1) is 17.1. The van der Waals surface area contributed by atoms with Crippen molar-refractivity contribution in [2.24, 2.45) is 0 Å². The average molecular weight is 650 g/mol. The van der Waals surface area contributed by atoms with E-state index in [1.54, 1.807) is 12.4 Å². The Morgan fingerprint density at radius 3 is 2.11 bits per heavy atom. The second-order valence-corrected chi connectivity index (χ2v) is 8.19. The number of nitrogens with zero attached hydrogens (tertiary/aromatic N) is 6. The summed E-state index contributed by atoms with van der Waals surface area (Å²) in [5.41, 5.74) is 5.67. The van der Waals surface area contributed by atoms with Crippen LogP contribution >= 0.6 is 0 Å². The molecule has 6 rings (SSSR count). The van der Waals surface area contributed by atoms with E-state index in [9.17, 15) is 0 Å². The second-order valence-electron chi connectivity index (χ2n) is 8.19. The van der Waals surface area contributed by atoms with Crippen molar-refractivity contribution < 1.29 is 20.1 Å². The Balaban J connectivity index is 0.000000167. The molecule has 0 radical (unpaired) electrons. The third-order valence-corrected chi connectivity index (χ3v) is 5.73. The van der Waals surface area contributed by atoms with E-state index >= 15 is 0 Å². The molecule has 36 heavy (non-hydrogen) atoms. The third-order valence-electron chi connectivity index (χ3n) is 5.73. The molecular weight excluding hydrogens is 625 g/mol. The Kier molecular flexibility index (Phi) is 7.93. The Morgan fingerprint density at radius 1 is 0.750 bits per heavy atom. The molecular formula is C29H25IrN6. The van der Waals surface area contributed by atoms with Crippen molar-refractivity contribution in [1.29, 1.82) is 0 Å². The van der Waals surface area contributed by atoms with Crippen LogP contribution in [0, 0.1) is 32.6 Å². The van der Waals surface area contributed by atoms with Gasteiger partial charge in [-0.05, 0) is 32.0 Å². The molecule has 5 aromatic rings. The summed E-state index contributed by atoms with van der Waals surface area (Å²) in [4.78, 5) is 17.0. The maximum atomic E-state index is 4.48. The normalized spacial score (nSPS) is 11.9. The number of rotatable bonds is 3. The number of imidazole rings is 1. The minimum atomic E-state index is 0. The van der Waals surface area contributed by atoms with Crippen molar-refractivity contribution >= 4 is 17.3 Å². The summed E-state index contributed by atoms with van der Waals surface area (Å²) < 4.78 is 2.14. The van der Waals surface area contributed by atoms with Gasteiger partial charge in [0.05, 0.1) is 5.82 Å². The predicted octanol–water partition coefficient (Wildman–Crippen LogP) is 5.94. The zero-order chi connectivity index (χ0) is 24.2. The fourth-order valence-electron chi connectivity index (χ4n) is 4.14. The summed E-state index contributed by atoms with van der Waals surface area (Å²) in [6.07, 6.45) is 7.23. The zero-order valence-electron chi connectivity index (χ0n) is 20.3. The number of hydrogen-bond donors (Lipinski definition) is 0. The van der Waals surface area contributed by atoms with Crippen molar-refractivity contribution in [3.8, 4) is 17.1 Å². The molecule has 0 bridgehead atoms. The van der Waals surface area contributed by atoms with Crippen molar-refractivity contribution in [3.05, 3.63) is 121 Å². The van der Waals surface area contributed by atoms with Gasteiger partial charge in [-0.25, -0.2) is 9.97 Å². The van der Waals surface area contributed by atoms with Gasteiger partial charge in [0, 0.05) is 30.5 Å². The first-order valence-electron chi connectivity index (χ1n) is 11.4. The largest absolute Gasteiger partial charge is 3.00 e. The molecule has 0 aliphatic carbocycles. The fraction of sp³-hybridized carbons (Fsp3) is 0.103. The Morgan fingerprint density at radius 2 is 1.44 bits per heavy atom. The van der Waals surface area contributed by atoms with Gasteiger partial charge < -0.3 is 14.4 Å². The van der Waals surface area contributed by atoms with Gasteiger partial charge in [0.2, 0.25) is 0 Å². The Bertz CT molecular complexity index is 1400. The molecule has 7 heteroatoms. The zero-order valence-corrected chi connectivity index (χ0v) is 22.6.